The number of carbonyl (C=O) groups is 2. The third kappa shape index (κ3) is 12.3. The number of ether oxygens (including phenoxy) is 1. The van der Waals surface area contributed by atoms with Crippen LogP contribution in [0.2, 0.25) is 0 Å². The van der Waals surface area contributed by atoms with Crippen LogP contribution in [0.25, 0.3) is 0 Å². The van der Waals surface area contributed by atoms with Gasteiger partial charge in [0.25, 0.3) is 0 Å². The molecule has 0 aromatic heterocycles. The second kappa shape index (κ2) is 15.4. The smallest absolute Gasteiger partial charge is 0.306 e. The number of nitrogens with zero attached hydrogens (tertiary/aromatic N) is 1. The summed E-state index contributed by atoms with van der Waals surface area (Å²) in [6, 6.07) is 0. The molecule has 5 nitrogen and oxygen atoms in total. The van der Waals surface area contributed by atoms with Gasteiger partial charge in [-0.25, -0.2) is 0 Å². The molecule has 0 bridgehead atoms. The van der Waals surface area contributed by atoms with Crippen LogP contribution in [0, 0.1) is 5.92 Å². The Kier molecular flexibility index (Phi) is 16.2. The SMILES string of the molecule is CC.CCCCCC(CC(=O)OC(C)C)C(=O)N(CC)CC(C)O. The first-order valence-corrected chi connectivity index (χ1v) is 9.48. The highest BCUT2D eigenvalue weighted by atomic mass is 16.5. The lowest BCUT2D eigenvalue weighted by atomic mass is 9.96. The normalized spacial score (nSPS) is 12.9. The van der Waals surface area contributed by atoms with Crippen LogP contribution in [0.1, 0.15) is 80.6 Å². The van der Waals surface area contributed by atoms with Crippen LogP contribution in [0.5, 0.6) is 0 Å². The summed E-state index contributed by atoms with van der Waals surface area (Å²) in [5, 5.41) is 9.51. The Bertz CT molecular complexity index is 329. The summed E-state index contributed by atoms with van der Waals surface area (Å²) in [6.45, 7) is 14.1. The quantitative estimate of drug-likeness (QED) is 0.457. The highest BCUT2D eigenvalue weighted by Crippen LogP contribution is 2.18. The molecule has 24 heavy (non-hydrogen) atoms. The molecule has 0 aromatic rings. The van der Waals surface area contributed by atoms with Crippen LogP contribution in [0.3, 0.4) is 0 Å². The van der Waals surface area contributed by atoms with Crippen molar-refractivity contribution in [2.24, 2.45) is 5.92 Å². The maximum Gasteiger partial charge on any atom is 0.306 e. The summed E-state index contributed by atoms with van der Waals surface area (Å²) in [6.07, 6.45) is 3.12. The van der Waals surface area contributed by atoms with Gasteiger partial charge in [0.2, 0.25) is 5.91 Å². The Morgan fingerprint density at radius 3 is 2.08 bits per heavy atom. The zero-order valence-corrected chi connectivity index (χ0v) is 16.8. The second-order valence-corrected chi connectivity index (χ2v) is 6.16. The zero-order chi connectivity index (χ0) is 19.1. The van der Waals surface area contributed by atoms with Gasteiger partial charge in [0.05, 0.1) is 18.6 Å². The number of rotatable bonds is 11. The minimum atomic E-state index is -0.567. The fourth-order valence-electron chi connectivity index (χ4n) is 2.42. The summed E-state index contributed by atoms with van der Waals surface area (Å²) >= 11 is 0. The van der Waals surface area contributed by atoms with Crippen molar-refractivity contribution < 1.29 is 19.4 Å². The van der Waals surface area contributed by atoms with E-state index in [0.29, 0.717) is 19.5 Å². The van der Waals surface area contributed by atoms with Gasteiger partial charge in [0.15, 0.2) is 0 Å². The third-order valence-corrected chi connectivity index (χ3v) is 3.46. The van der Waals surface area contributed by atoms with E-state index in [-0.39, 0.29) is 30.3 Å². The molecule has 0 fully saturated rings. The third-order valence-electron chi connectivity index (χ3n) is 3.46. The van der Waals surface area contributed by atoms with Gasteiger partial charge in [-0.15, -0.1) is 0 Å². The monoisotopic (exact) mass is 345 g/mol. The van der Waals surface area contributed by atoms with Crippen molar-refractivity contribution in [3.63, 3.8) is 0 Å². The van der Waals surface area contributed by atoms with Crippen molar-refractivity contribution in [1.29, 1.82) is 0 Å². The second-order valence-electron chi connectivity index (χ2n) is 6.16. The van der Waals surface area contributed by atoms with E-state index in [9.17, 15) is 14.7 Å². The summed E-state index contributed by atoms with van der Waals surface area (Å²) in [5.74, 6) is -0.727. The molecule has 0 aliphatic carbocycles. The standard InChI is InChI=1S/C17H33NO4.C2H6/c1-6-8-9-10-15(11-16(20)22-13(3)4)17(21)18(7-2)12-14(5)19;1-2/h13-15,19H,6-12H2,1-5H3;1-2H3. The first kappa shape index (κ1) is 25.1. The number of hydrogen-bond acceptors (Lipinski definition) is 4. The Labute approximate surface area is 148 Å². The number of unbranched alkanes of at least 4 members (excludes halogenated alkanes) is 2. The number of amides is 1. The van der Waals surface area contributed by atoms with Gasteiger partial charge < -0.3 is 14.7 Å². The van der Waals surface area contributed by atoms with Gasteiger partial charge in [0, 0.05) is 19.0 Å². The van der Waals surface area contributed by atoms with E-state index in [0.717, 1.165) is 19.3 Å². The number of hydrogen-bond donors (Lipinski definition) is 1. The number of esters is 1. The molecule has 1 N–H and O–H groups in total. The highest BCUT2D eigenvalue weighted by Gasteiger charge is 2.27. The largest absolute Gasteiger partial charge is 0.463 e. The summed E-state index contributed by atoms with van der Waals surface area (Å²) in [5.41, 5.74) is 0. The van der Waals surface area contributed by atoms with E-state index in [1.54, 1.807) is 25.7 Å². The molecule has 0 aliphatic rings. The molecular weight excluding hydrogens is 306 g/mol. The van der Waals surface area contributed by atoms with E-state index in [1.807, 2.05) is 20.8 Å². The highest BCUT2D eigenvalue weighted by molar-refractivity contribution is 5.83. The average molecular weight is 346 g/mol. The lowest BCUT2D eigenvalue weighted by molar-refractivity contribution is -0.152. The van der Waals surface area contributed by atoms with E-state index < -0.39 is 6.10 Å². The Balaban J connectivity index is 0. The van der Waals surface area contributed by atoms with Crippen molar-refractivity contribution in [3.8, 4) is 0 Å². The minimum Gasteiger partial charge on any atom is -0.463 e. The van der Waals surface area contributed by atoms with Crippen LogP contribution < -0.4 is 0 Å². The van der Waals surface area contributed by atoms with Crippen molar-refractivity contribution in [1.82, 2.24) is 4.90 Å². The molecule has 1 amide bonds. The van der Waals surface area contributed by atoms with Crippen molar-refractivity contribution in [3.05, 3.63) is 0 Å². The zero-order valence-electron chi connectivity index (χ0n) is 16.8. The molecule has 0 aliphatic heterocycles. The van der Waals surface area contributed by atoms with E-state index in [1.165, 1.54) is 0 Å². The van der Waals surface area contributed by atoms with Crippen LogP contribution in [0.4, 0.5) is 0 Å². The molecule has 0 saturated heterocycles. The topological polar surface area (TPSA) is 66.8 Å². The molecular formula is C19H39NO4. The minimum absolute atomic E-state index is 0.0554. The first-order chi connectivity index (χ1) is 11.3. The van der Waals surface area contributed by atoms with E-state index in [4.69, 9.17) is 4.74 Å². The molecule has 0 aromatic carbocycles. The van der Waals surface area contributed by atoms with Crippen LogP contribution in [-0.2, 0) is 14.3 Å². The van der Waals surface area contributed by atoms with Gasteiger partial charge >= 0.3 is 5.97 Å². The number of likely N-dealkylation sites (N-methyl/N-ethyl adjacent to an activating group) is 1. The molecule has 0 spiro atoms. The van der Waals surface area contributed by atoms with E-state index in [2.05, 4.69) is 6.92 Å². The average Bonchev–Trinajstić information content (AvgIpc) is 2.52. The first-order valence-electron chi connectivity index (χ1n) is 9.48. The van der Waals surface area contributed by atoms with Gasteiger partial charge in [-0.1, -0.05) is 40.0 Å². The van der Waals surface area contributed by atoms with Gasteiger partial charge in [0.1, 0.15) is 0 Å². The van der Waals surface area contributed by atoms with E-state index >= 15 is 0 Å². The van der Waals surface area contributed by atoms with Crippen LogP contribution in [-0.4, -0.2) is 47.2 Å². The summed E-state index contributed by atoms with van der Waals surface area (Å²) in [7, 11) is 0. The number of carbonyl (C=O) groups excluding carboxylic acids is 2. The Morgan fingerprint density at radius 2 is 1.67 bits per heavy atom. The predicted molar refractivity (Wildman–Crippen MR) is 98.8 cm³/mol. The van der Waals surface area contributed by atoms with Gasteiger partial charge in [-0.05, 0) is 34.1 Å². The number of aliphatic hydroxyl groups is 1. The Morgan fingerprint density at radius 1 is 1.08 bits per heavy atom. The van der Waals surface area contributed by atoms with Crippen molar-refractivity contribution >= 4 is 11.9 Å². The van der Waals surface area contributed by atoms with Crippen LogP contribution in [0.15, 0.2) is 0 Å². The predicted octanol–water partition coefficient (Wildman–Crippen LogP) is 3.78. The van der Waals surface area contributed by atoms with Gasteiger partial charge in [-0.2, -0.15) is 0 Å². The fourth-order valence-corrected chi connectivity index (χ4v) is 2.42. The molecule has 0 heterocycles. The Hall–Kier alpha value is -1.10. The van der Waals surface area contributed by atoms with Crippen molar-refractivity contribution in [2.75, 3.05) is 13.1 Å². The summed E-state index contributed by atoms with van der Waals surface area (Å²) < 4.78 is 5.17. The van der Waals surface area contributed by atoms with Crippen molar-refractivity contribution in [2.45, 2.75) is 92.8 Å². The van der Waals surface area contributed by atoms with Crippen LogP contribution >= 0.6 is 0 Å². The van der Waals surface area contributed by atoms with Gasteiger partial charge in [-0.3, -0.25) is 9.59 Å². The lowest BCUT2D eigenvalue weighted by Crippen LogP contribution is -2.41. The summed E-state index contributed by atoms with van der Waals surface area (Å²) in [4.78, 5) is 26.2. The maximum atomic E-state index is 12.6. The molecule has 0 radical (unpaired) electrons. The maximum absolute atomic E-state index is 12.6. The molecule has 0 saturated carbocycles. The molecule has 2 unspecified atom stereocenters. The molecule has 0 rings (SSSR count). The lowest BCUT2D eigenvalue weighted by Gasteiger charge is -2.27. The fraction of sp³-hybridized carbons (Fsp3) is 0.895. The molecule has 2 atom stereocenters. The number of aliphatic hydroxyl groups excluding tert-OH is 1. The molecule has 144 valence electrons. The molecule has 5 heteroatoms.